The zero-order chi connectivity index (χ0) is 15.8. The third kappa shape index (κ3) is 3.18. The maximum Gasteiger partial charge on any atom is 0.417 e. The van der Waals surface area contributed by atoms with E-state index in [-0.39, 0.29) is 22.9 Å². The molecule has 1 heterocycles. The Labute approximate surface area is 127 Å². The van der Waals surface area contributed by atoms with Crippen LogP contribution < -0.4 is 0 Å². The van der Waals surface area contributed by atoms with Gasteiger partial charge in [-0.05, 0) is 26.0 Å². The van der Waals surface area contributed by atoms with Crippen molar-refractivity contribution in [2.75, 3.05) is 0 Å². The van der Waals surface area contributed by atoms with Crippen LogP contribution in [0.25, 0.3) is 11.3 Å². The molecule has 0 atom stereocenters. The minimum absolute atomic E-state index is 0.0403. The molecule has 0 aliphatic carbocycles. The Hall–Kier alpha value is -1.63. The summed E-state index contributed by atoms with van der Waals surface area (Å²) in [4.78, 5) is 11.1. The lowest BCUT2D eigenvalue weighted by atomic mass is 10.0. The molecule has 2 aromatic rings. The number of benzene rings is 1. The van der Waals surface area contributed by atoms with E-state index in [1.165, 1.54) is 23.0 Å². The lowest BCUT2D eigenvalue weighted by Crippen LogP contribution is -2.08. The second-order valence-corrected chi connectivity index (χ2v) is 5.73. The molecule has 0 saturated heterocycles. The summed E-state index contributed by atoms with van der Waals surface area (Å²) >= 11 is 3.03. The highest BCUT2D eigenvalue weighted by atomic mass is 79.9. The van der Waals surface area contributed by atoms with Crippen LogP contribution in [0, 0.1) is 0 Å². The first kappa shape index (κ1) is 15.8. The van der Waals surface area contributed by atoms with Crippen molar-refractivity contribution in [2.45, 2.75) is 26.1 Å². The zero-order valence-corrected chi connectivity index (χ0v) is 12.9. The van der Waals surface area contributed by atoms with Crippen molar-refractivity contribution in [3.8, 4) is 11.3 Å². The molecule has 112 valence electrons. The molecule has 3 nitrogen and oxygen atoms in total. The van der Waals surface area contributed by atoms with Gasteiger partial charge in [0.15, 0.2) is 6.29 Å². The van der Waals surface area contributed by atoms with E-state index in [1.54, 1.807) is 0 Å². The van der Waals surface area contributed by atoms with Crippen molar-refractivity contribution in [2.24, 2.45) is 0 Å². The summed E-state index contributed by atoms with van der Waals surface area (Å²) in [5.74, 6) is 0. The predicted octanol–water partition coefficient (Wildman–Crippen LogP) is 4.72. The van der Waals surface area contributed by atoms with Crippen molar-refractivity contribution in [1.29, 1.82) is 0 Å². The van der Waals surface area contributed by atoms with E-state index in [1.807, 2.05) is 13.8 Å². The molecular weight excluding hydrogens is 349 g/mol. The molecule has 0 amide bonds. The fourth-order valence-electron chi connectivity index (χ4n) is 1.92. The van der Waals surface area contributed by atoms with Crippen LogP contribution in [0.2, 0.25) is 0 Å². The molecule has 0 unspecified atom stereocenters. The zero-order valence-electron chi connectivity index (χ0n) is 11.3. The van der Waals surface area contributed by atoms with Crippen LogP contribution in [0.4, 0.5) is 13.2 Å². The van der Waals surface area contributed by atoms with E-state index in [4.69, 9.17) is 0 Å². The van der Waals surface area contributed by atoms with Gasteiger partial charge >= 0.3 is 6.18 Å². The van der Waals surface area contributed by atoms with E-state index < -0.39 is 11.7 Å². The number of aldehydes is 1. The van der Waals surface area contributed by atoms with Gasteiger partial charge in [0, 0.05) is 22.3 Å². The van der Waals surface area contributed by atoms with Crippen molar-refractivity contribution in [3.63, 3.8) is 0 Å². The second kappa shape index (κ2) is 5.63. The van der Waals surface area contributed by atoms with Crippen molar-refractivity contribution in [1.82, 2.24) is 9.78 Å². The Morgan fingerprint density at radius 2 is 2.00 bits per heavy atom. The number of carbonyl (C=O) groups is 1. The quantitative estimate of drug-likeness (QED) is 0.742. The standard InChI is InChI=1S/C14H12BrF3N2O/c1-8(2)20-6-9(7-21)13(19-20)11-4-3-10(15)5-12(11)14(16,17)18/h3-8H,1-2H3. The van der Waals surface area contributed by atoms with Crippen LogP contribution in [-0.4, -0.2) is 16.1 Å². The van der Waals surface area contributed by atoms with Gasteiger partial charge in [-0.2, -0.15) is 18.3 Å². The highest BCUT2D eigenvalue weighted by Gasteiger charge is 2.35. The molecule has 0 fully saturated rings. The Kier molecular flexibility index (Phi) is 4.22. The number of nitrogens with zero attached hydrogens (tertiary/aromatic N) is 2. The highest BCUT2D eigenvalue weighted by molar-refractivity contribution is 9.10. The first-order valence-electron chi connectivity index (χ1n) is 6.15. The van der Waals surface area contributed by atoms with Gasteiger partial charge in [0.2, 0.25) is 0 Å². The molecule has 0 aliphatic heterocycles. The topological polar surface area (TPSA) is 34.9 Å². The van der Waals surface area contributed by atoms with E-state index in [0.717, 1.165) is 6.07 Å². The van der Waals surface area contributed by atoms with Gasteiger partial charge in [-0.3, -0.25) is 9.48 Å². The average Bonchev–Trinajstić information content (AvgIpc) is 2.81. The Balaban J connectivity index is 2.70. The van der Waals surface area contributed by atoms with Crippen LogP contribution in [0.3, 0.4) is 0 Å². The van der Waals surface area contributed by atoms with E-state index in [0.29, 0.717) is 10.8 Å². The molecule has 1 aromatic carbocycles. The molecule has 7 heteroatoms. The van der Waals surface area contributed by atoms with Crippen molar-refractivity contribution < 1.29 is 18.0 Å². The molecule has 0 N–H and O–H groups in total. The number of carbonyl (C=O) groups excluding carboxylic acids is 1. The van der Waals surface area contributed by atoms with Gasteiger partial charge in [0.05, 0.1) is 11.1 Å². The first-order chi connectivity index (χ1) is 9.74. The second-order valence-electron chi connectivity index (χ2n) is 4.81. The number of aromatic nitrogens is 2. The maximum absolute atomic E-state index is 13.2. The van der Waals surface area contributed by atoms with Gasteiger partial charge in [0.1, 0.15) is 5.69 Å². The van der Waals surface area contributed by atoms with Crippen LogP contribution in [-0.2, 0) is 6.18 Å². The fourth-order valence-corrected chi connectivity index (χ4v) is 2.28. The number of alkyl halides is 3. The number of hydrogen-bond acceptors (Lipinski definition) is 2. The summed E-state index contributed by atoms with van der Waals surface area (Å²) in [6.45, 7) is 3.66. The molecule has 0 saturated carbocycles. The third-order valence-electron chi connectivity index (χ3n) is 2.96. The number of halogens is 4. The predicted molar refractivity (Wildman–Crippen MR) is 76.1 cm³/mol. The van der Waals surface area contributed by atoms with E-state index in [9.17, 15) is 18.0 Å². The monoisotopic (exact) mass is 360 g/mol. The number of hydrogen-bond donors (Lipinski definition) is 0. The average molecular weight is 361 g/mol. The van der Waals surface area contributed by atoms with Crippen LogP contribution >= 0.6 is 15.9 Å². The summed E-state index contributed by atoms with van der Waals surface area (Å²) < 4.78 is 41.3. The summed E-state index contributed by atoms with van der Waals surface area (Å²) in [6, 6.07) is 3.74. The first-order valence-corrected chi connectivity index (χ1v) is 6.94. The largest absolute Gasteiger partial charge is 0.417 e. The van der Waals surface area contributed by atoms with Crippen molar-refractivity contribution in [3.05, 3.63) is 40.0 Å². The van der Waals surface area contributed by atoms with Crippen LogP contribution in [0.5, 0.6) is 0 Å². The Bertz CT molecular complexity index is 677. The lowest BCUT2D eigenvalue weighted by Gasteiger charge is -2.12. The van der Waals surface area contributed by atoms with Gasteiger partial charge in [-0.1, -0.05) is 22.0 Å². The molecule has 0 spiro atoms. The smallest absolute Gasteiger partial charge is 0.298 e. The van der Waals surface area contributed by atoms with Gasteiger partial charge in [0.25, 0.3) is 0 Å². The third-order valence-corrected chi connectivity index (χ3v) is 3.45. The van der Waals surface area contributed by atoms with Crippen LogP contribution in [0.1, 0.15) is 35.8 Å². The molecule has 0 bridgehead atoms. The van der Waals surface area contributed by atoms with Crippen molar-refractivity contribution >= 4 is 22.2 Å². The van der Waals surface area contributed by atoms with Gasteiger partial charge in [-0.25, -0.2) is 0 Å². The summed E-state index contributed by atoms with van der Waals surface area (Å²) in [7, 11) is 0. The highest BCUT2D eigenvalue weighted by Crippen LogP contribution is 2.39. The lowest BCUT2D eigenvalue weighted by molar-refractivity contribution is -0.137. The van der Waals surface area contributed by atoms with E-state index in [2.05, 4.69) is 21.0 Å². The molecule has 0 radical (unpaired) electrons. The SMILES string of the molecule is CC(C)n1cc(C=O)c(-c2ccc(Br)cc2C(F)(F)F)n1. The molecular formula is C14H12BrF3N2O. The summed E-state index contributed by atoms with van der Waals surface area (Å²) in [5, 5.41) is 4.12. The summed E-state index contributed by atoms with van der Waals surface area (Å²) in [5.41, 5.74) is -0.753. The summed E-state index contributed by atoms with van der Waals surface area (Å²) in [6.07, 6.45) is -2.56. The number of rotatable bonds is 3. The van der Waals surface area contributed by atoms with Gasteiger partial charge in [-0.15, -0.1) is 0 Å². The minimum atomic E-state index is -4.53. The molecule has 21 heavy (non-hydrogen) atoms. The normalized spacial score (nSPS) is 12.0. The van der Waals surface area contributed by atoms with Crippen LogP contribution in [0.15, 0.2) is 28.9 Å². The Morgan fingerprint density at radius 1 is 1.33 bits per heavy atom. The molecule has 1 aromatic heterocycles. The maximum atomic E-state index is 13.2. The minimum Gasteiger partial charge on any atom is -0.298 e. The van der Waals surface area contributed by atoms with Gasteiger partial charge < -0.3 is 0 Å². The van der Waals surface area contributed by atoms with E-state index >= 15 is 0 Å². The Morgan fingerprint density at radius 3 is 2.52 bits per heavy atom. The molecule has 2 rings (SSSR count). The molecule has 0 aliphatic rings. The fraction of sp³-hybridized carbons (Fsp3) is 0.286.